The average molecular weight is 282 g/mol. The van der Waals surface area contributed by atoms with E-state index >= 15 is 0 Å². The molecule has 1 saturated heterocycles. The summed E-state index contributed by atoms with van der Waals surface area (Å²) in [4.78, 5) is 0. The molecule has 0 saturated carbocycles. The third-order valence-electron chi connectivity index (χ3n) is 4.21. The summed E-state index contributed by atoms with van der Waals surface area (Å²) < 4.78 is 0.454. The molecule has 0 radical (unpaired) electrons. The van der Waals surface area contributed by atoms with Crippen LogP contribution in [0.3, 0.4) is 0 Å². The van der Waals surface area contributed by atoms with E-state index in [2.05, 4.69) is 36.1 Å². The van der Waals surface area contributed by atoms with Crippen LogP contribution >= 0.6 is 23.4 Å². The van der Waals surface area contributed by atoms with Gasteiger partial charge in [0.25, 0.3) is 0 Å². The van der Waals surface area contributed by atoms with Crippen molar-refractivity contribution in [1.82, 2.24) is 5.32 Å². The monoisotopic (exact) mass is 281 g/mol. The molecule has 98 valence electrons. The van der Waals surface area contributed by atoms with E-state index in [1.165, 1.54) is 36.1 Å². The van der Waals surface area contributed by atoms with Crippen molar-refractivity contribution < 1.29 is 0 Å². The second-order valence-corrected chi connectivity index (χ2v) is 7.84. The van der Waals surface area contributed by atoms with Gasteiger partial charge in [-0.15, -0.1) is 0 Å². The van der Waals surface area contributed by atoms with Gasteiger partial charge < -0.3 is 5.32 Å². The van der Waals surface area contributed by atoms with E-state index in [0.29, 0.717) is 10.8 Å². The fourth-order valence-corrected chi connectivity index (χ4v) is 4.56. The van der Waals surface area contributed by atoms with Crippen molar-refractivity contribution in [2.24, 2.45) is 0 Å². The van der Waals surface area contributed by atoms with Crippen molar-refractivity contribution in [3.8, 4) is 0 Å². The Morgan fingerprint density at radius 2 is 2.39 bits per heavy atom. The summed E-state index contributed by atoms with van der Waals surface area (Å²) in [7, 11) is 0. The van der Waals surface area contributed by atoms with Crippen molar-refractivity contribution >= 4 is 23.4 Å². The summed E-state index contributed by atoms with van der Waals surface area (Å²) in [6.45, 7) is 3.53. The van der Waals surface area contributed by atoms with E-state index in [-0.39, 0.29) is 0 Å². The number of thioether (sulfide) groups is 1. The summed E-state index contributed by atoms with van der Waals surface area (Å²) in [5.41, 5.74) is 2.90. The Hall–Kier alpha value is -0.180. The highest BCUT2D eigenvalue weighted by Gasteiger charge is 2.31. The summed E-state index contributed by atoms with van der Waals surface area (Å²) in [6.07, 6.45) is 5.11. The zero-order valence-corrected chi connectivity index (χ0v) is 12.4. The van der Waals surface area contributed by atoms with Crippen molar-refractivity contribution in [2.75, 3.05) is 12.3 Å². The van der Waals surface area contributed by atoms with Crippen molar-refractivity contribution in [1.29, 1.82) is 0 Å². The molecule has 0 bridgehead atoms. The topological polar surface area (TPSA) is 12.0 Å². The third kappa shape index (κ3) is 2.56. The molecule has 2 unspecified atom stereocenters. The van der Waals surface area contributed by atoms with E-state index in [1.54, 1.807) is 0 Å². The second-order valence-electron chi connectivity index (χ2n) is 5.72. The molecule has 3 heteroatoms. The molecular formula is C15H20ClNS. The minimum atomic E-state index is 0.454. The number of nitrogens with one attached hydrogen (secondary N) is 1. The van der Waals surface area contributed by atoms with Gasteiger partial charge in [-0.05, 0) is 61.6 Å². The lowest BCUT2D eigenvalue weighted by Gasteiger charge is -2.26. The lowest BCUT2D eigenvalue weighted by Crippen LogP contribution is -2.34. The lowest BCUT2D eigenvalue weighted by atomic mass is 10.0. The molecule has 3 rings (SSSR count). The van der Waals surface area contributed by atoms with Crippen LogP contribution < -0.4 is 5.32 Å². The van der Waals surface area contributed by atoms with Crippen LogP contribution in [0.15, 0.2) is 18.2 Å². The highest BCUT2D eigenvalue weighted by atomic mass is 35.5. The van der Waals surface area contributed by atoms with Gasteiger partial charge in [-0.2, -0.15) is 11.8 Å². The predicted molar refractivity (Wildman–Crippen MR) is 80.6 cm³/mol. The maximum absolute atomic E-state index is 6.05. The minimum Gasteiger partial charge on any atom is -0.309 e. The standard InChI is InChI=1S/C15H20ClNS/c1-15(7-2-8-18-15)10-17-14-6-3-11-9-12(16)4-5-13(11)14/h4-5,9,14,17H,2-3,6-8,10H2,1H3. The summed E-state index contributed by atoms with van der Waals surface area (Å²) >= 11 is 8.18. The first kappa shape index (κ1) is 12.8. The van der Waals surface area contributed by atoms with Gasteiger partial charge >= 0.3 is 0 Å². The van der Waals surface area contributed by atoms with Crippen molar-refractivity contribution in [2.45, 2.75) is 43.4 Å². The first-order valence-corrected chi connectivity index (χ1v) is 8.18. The lowest BCUT2D eigenvalue weighted by molar-refractivity contribution is 0.469. The van der Waals surface area contributed by atoms with Crippen LogP contribution in [-0.4, -0.2) is 17.0 Å². The quantitative estimate of drug-likeness (QED) is 0.891. The number of aryl methyl sites for hydroxylation is 1. The number of hydrogen-bond acceptors (Lipinski definition) is 2. The van der Waals surface area contributed by atoms with E-state index in [9.17, 15) is 0 Å². The van der Waals surface area contributed by atoms with Gasteiger partial charge in [0.1, 0.15) is 0 Å². The number of hydrogen-bond donors (Lipinski definition) is 1. The summed E-state index contributed by atoms with van der Waals surface area (Å²) in [5, 5.41) is 4.64. The Labute approximate surface area is 119 Å². The van der Waals surface area contributed by atoms with Crippen LogP contribution in [0.25, 0.3) is 0 Å². The smallest absolute Gasteiger partial charge is 0.0408 e. The molecular weight excluding hydrogens is 262 g/mol. The molecule has 1 aromatic rings. The zero-order chi connectivity index (χ0) is 12.6. The molecule has 0 amide bonds. The highest BCUT2D eigenvalue weighted by molar-refractivity contribution is 8.00. The minimum absolute atomic E-state index is 0.454. The number of rotatable bonds is 3. The molecule has 1 fully saturated rings. The molecule has 0 aromatic heterocycles. The normalized spacial score (nSPS) is 30.7. The van der Waals surface area contributed by atoms with E-state index in [4.69, 9.17) is 11.6 Å². The van der Waals surface area contributed by atoms with Crippen molar-refractivity contribution in [3.63, 3.8) is 0 Å². The Morgan fingerprint density at radius 1 is 1.50 bits per heavy atom. The Bertz CT molecular complexity index is 440. The van der Waals surface area contributed by atoms with Crippen molar-refractivity contribution in [3.05, 3.63) is 34.3 Å². The molecule has 18 heavy (non-hydrogen) atoms. The van der Waals surface area contributed by atoms with Crippen LogP contribution in [0.1, 0.15) is 43.4 Å². The maximum atomic E-state index is 6.05. The first-order chi connectivity index (χ1) is 8.66. The molecule has 0 spiro atoms. The largest absolute Gasteiger partial charge is 0.309 e. The van der Waals surface area contributed by atoms with Gasteiger partial charge in [0.2, 0.25) is 0 Å². The van der Waals surface area contributed by atoms with Crippen LogP contribution in [0.4, 0.5) is 0 Å². The Balaban J connectivity index is 1.66. The Morgan fingerprint density at radius 3 is 3.17 bits per heavy atom. The molecule has 1 heterocycles. The second kappa shape index (κ2) is 5.07. The number of halogens is 1. The first-order valence-electron chi connectivity index (χ1n) is 6.82. The van der Waals surface area contributed by atoms with Gasteiger partial charge in [-0.25, -0.2) is 0 Å². The molecule has 1 aliphatic carbocycles. The van der Waals surface area contributed by atoms with E-state index in [1.807, 2.05) is 6.07 Å². The summed E-state index contributed by atoms with van der Waals surface area (Å²) in [6, 6.07) is 6.89. The molecule has 1 N–H and O–H groups in total. The predicted octanol–water partition coefficient (Wildman–Crippen LogP) is 4.20. The van der Waals surface area contributed by atoms with Gasteiger partial charge in [0.15, 0.2) is 0 Å². The zero-order valence-electron chi connectivity index (χ0n) is 10.8. The van der Waals surface area contributed by atoms with Gasteiger partial charge in [-0.1, -0.05) is 17.7 Å². The maximum Gasteiger partial charge on any atom is 0.0408 e. The van der Waals surface area contributed by atoms with Crippen LogP contribution in [0.2, 0.25) is 5.02 Å². The fraction of sp³-hybridized carbons (Fsp3) is 0.600. The van der Waals surface area contributed by atoms with Gasteiger partial charge in [0, 0.05) is 22.4 Å². The van der Waals surface area contributed by atoms with Crippen LogP contribution in [0, 0.1) is 0 Å². The fourth-order valence-electron chi connectivity index (χ4n) is 3.11. The SMILES string of the molecule is CC1(CNC2CCc3cc(Cl)ccc32)CCCS1. The molecule has 1 nitrogen and oxygen atoms in total. The number of fused-ring (bicyclic) bond motifs is 1. The molecule has 2 aliphatic rings. The van der Waals surface area contributed by atoms with E-state index < -0.39 is 0 Å². The number of benzene rings is 1. The van der Waals surface area contributed by atoms with Crippen LogP contribution in [0.5, 0.6) is 0 Å². The highest BCUT2D eigenvalue weighted by Crippen LogP contribution is 2.39. The van der Waals surface area contributed by atoms with Gasteiger partial charge in [-0.3, -0.25) is 0 Å². The van der Waals surface area contributed by atoms with Crippen LogP contribution in [-0.2, 0) is 6.42 Å². The summed E-state index contributed by atoms with van der Waals surface area (Å²) in [5.74, 6) is 1.33. The third-order valence-corrected chi connectivity index (χ3v) is 5.98. The molecule has 1 aromatic carbocycles. The Kier molecular flexibility index (Phi) is 3.61. The molecule has 2 atom stereocenters. The van der Waals surface area contributed by atoms with Gasteiger partial charge in [0.05, 0.1) is 0 Å². The average Bonchev–Trinajstić information content (AvgIpc) is 2.93. The molecule has 1 aliphatic heterocycles. The van der Waals surface area contributed by atoms with E-state index in [0.717, 1.165) is 18.0 Å².